The molecule has 4 heteroatoms. The molecule has 0 radical (unpaired) electrons. The molecule has 0 saturated heterocycles. The van der Waals surface area contributed by atoms with E-state index in [9.17, 15) is 9.90 Å². The molecule has 1 unspecified atom stereocenters. The van der Waals surface area contributed by atoms with Crippen molar-refractivity contribution in [3.8, 4) is 0 Å². The van der Waals surface area contributed by atoms with Gasteiger partial charge >= 0.3 is 5.97 Å². The summed E-state index contributed by atoms with van der Waals surface area (Å²) < 4.78 is 4.90. The van der Waals surface area contributed by atoms with E-state index in [2.05, 4.69) is 6.92 Å². The maximum atomic E-state index is 11.4. The Hall–Kier alpha value is -0.610. The summed E-state index contributed by atoms with van der Waals surface area (Å²) in [5.74, 6) is -0.220. The van der Waals surface area contributed by atoms with Crippen LogP contribution in [0.2, 0.25) is 0 Å². The van der Waals surface area contributed by atoms with Gasteiger partial charge in [-0.15, -0.1) is 0 Å². The third kappa shape index (κ3) is 6.80. The predicted octanol–water partition coefficient (Wildman–Crippen LogP) is 1.42. The molecule has 16 heavy (non-hydrogen) atoms. The number of ether oxygens (including phenoxy) is 1. The Morgan fingerprint density at radius 2 is 2.00 bits per heavy atom. The number of aliphatic hydroxyl groups is 1. The molecule has 0 aliphatic heterocycles. The first-order chi connectivity index (χ1) is 7.45. The normalized spacial score (nSPS) is 14.9. The van der Waals surface area contributed by atoms with Gasteiger partial charge in [0.2, 0.25) is 0 Å². The van der Waals surface area contributed by atoms with Crippen molar-refractivity contribution in [2.24, 2.45) is 0 Å². The highest BCUT2D eigenvalue weighted by Gasteiger charge is 2.23. The largest absolute Gasteiger partial charge is 0.465 e. The Morgan fingerprint density at radius 1 is 1.38 bits per heavy atom. The third-order valence-corrected chi connectivity index (χ3v) is 2.52. The molecule has 0 aliphatic carbocycles. The maximum absolute atomic E-state index is 11.4. The zero-order valence-corrected chi connectivity index (χ0v) is 11.0. The fourth-order valence-corrected chi connectivity index (χ4v) is 1.51. The highest BCUT2D eigenvalue weighted by atomic mass is 16.5. The second-order valence-corrected chi connectivity index (χ2v) is 4.37. The summed E-state index contributed by atoms with van der Waals surface area (Å²) in [7, 11) is 0. The number of rotatable bonds is 8. The lowest BCUT2D eigenvalue weighted by atomic mass is 10.0. The van der Waals surface area contributed by atoms with Crippen LogP contribution in [0.15, 0.2) is 0 Å². The van der Waals surface area contributed by atoms with E-state index in [1.807, 2.05) is 11.8 Å². The van der Waals surface area contributed by atoms with E-state index in [0.29, 0.717) is 19.6 Å². The number of hydrogen-bond acceptors (Lipinski definition) is 4. The highest BCUT2D eigenvalue weighted by molar-refractivity contribution is 5.71. The molecule has 0 aromatic rings. The SMILES string of the molecule is CCCN(CC(=O)OCC)CC(C)(O)CC. The molecule has 0 amide bonds. The average Bonchev–Trinajstić information content (AvgIpc) is 2.17. The fourth-order valence-electron chi connectivity index (χ4n) is 1.51. The molecule has 0 aromatic heterocycles. The summed E-state index contributed by atoms with van der Waals surface area (Å²) in [6.45, 7) is 9.56. The minimum Gasteiger partial charge on any atom is -0.465 e. The van der Waals surface area contributed by atoms with Crippen molar-refractivity contribution in [3.63, 3.8) is 0 Å². The molecule has 0 aromatic carbocycles. The lowest BCUT2D eigenvalue weighted by Gasteiger charge is -2.29. The summed E-state index contributed by atoms with van der Waals surface area (Å²) in [5, 5.41) is 9.97. The summed E-state index contributed by atoms with van der Waals surface area (Å²) >= 11 is 0. The van der Waals surface area contributed by atoms with Crippen LogP contribution >= 0.6 is 0 Å². The zero-order valence-electron chi connectivity index (χ0n) is 11.0. The second-order valence-electron chi connectivity index (χ2n) is 4.37. The van der Waals surface area contributed by atoms with Gasteiger partial charge < -0.3 is 9.84 Å². The monoisotopic (exact) mass is 231 g/mol. The van der Waals surface area contributed by atoms with Crippen LogP contribution in [0.3, 0.4) is 0 Å². The molecule has 0 aliphatic rings. The minimum absolute atomic E-state index is 0.220. The fraction of sp³-hybridized carbons (Fsp3) is 0.917. The Bertz CT molecular complexity index is 204. The van der Waals surface area contributed by atoms with E-state index in [1.54, 1.807) is 13.8 Å². The van der Waals surface area contributed by atoms with E-state index in [-0.39, 0.29) is 12.5 Å². The van der Waals surface area contributed by atoms with E-state index in [1.165, 1.54) is 0 Å². The Labute approximate surface area is 98.6 Å². The number of esters is 1. The van der Waals surface area contributed by atoms with Crippen molar-refractivity contribution in [2.45, 2.75) is 46.1 Å². The molecule has 0 heterocycles. The Balaban J connectivity index is 4.21. The predicted molar refractivity (Wildman–Crippen MR) is 64.3 cm³/mol. The summed E-state index contributed by atoms with van der Waals surface area (Å²) in [6.07, 6.45) is 1.63. The minimum atomic E-state index is -0.734. The lowest BCUT2D eigenvalue weighted by molar-refractivity contribution is -0.145. The van der Waals surface area contributed by atoms with Crippen LogP contribution in [0, 0.1) is 0 Å². The van der Waals surface area contributed by atoms with Gasteiger partial charge in [-0.1, -0.05) is 13.8 Å². The van der Waals surface area contributed by atoms with Gasteiger partial charge in [0.25, 0.3) is 0 Å². The van der Waals surface area contributed by atoms with Crippen molar-refractivity contribution in [2.75, 3.05) is 26.2 Å². The Morgan fingerprint density at radius 3 is 2.44 bits per heavy atom. The molecular formula is C12H25NO3. The van der Waals surface area contributed by atoms with Crippen molar-refractivity contribution >= 4 is 5.97 Å². The number of hydrogen-bond donors (Lipinski definition) is 1. The molecule has 4 nitrogen and oxygen atoms in total. The van der Waals surface area contributed by atoms with Gasteiger partial charge in [0.1, 0.15) is 0 Å². The molecule has 96 valence electrons. The second kappa shape index (κ2) is 7.63. The molecule has 0 bridgehead atoms. The van der Waals surface area contributed by atoms with E-state index in [4.69, 9.17) is 4.74 Å². The molecule has 0 spiro atoms. The van der Waals surface area contributed by atoms with Gasteiger partial charge in [0.05, 0.1) is 18.8 Å². The van der Waals surface area contributed by atoms with Crippen LogP contribution in [0.1, 0.15) is 40.5 Å². The molecule has 0 saturated carbocycles. The van der Waals surface area contributed by atoms with Crippen molar-refractivity contribution < 1.29 is 14.6 Å². The molecule has 1 N–H and O–H groups in total. The van der Waals surface area contributed by atoms with Crippen LogP contribution in [-0.2, 0) is 9.53 Å². The first-order valence-corrected chi connectivity index (χ1v) is 6.05. The number of nitrogens with zero attached hydrogens (tertiary/aromatic N) is 1. The third-order valence-electron chi connectivity index (χ3n) is 2.52. The maximum Gasteiger partial charge on any atom is 0.320 e. The van der Waals surface area contributed by atoms with E-state index >= 15 is 0 Å². The van der Waals surface area contributed by atoms with Gasteiger partial charge in [0, 0.05) is 6.54 Å². The quantitative estimate of drug-likeness (QED) is 0.642. The summed E-state index contributed by atoms with van der Waals surface area (Å²) in [6, 6.07) is 0. The van der Waals surface area contributed by atoms with Crippen molar-refractivity contribution in [1.82, 2.24) is 4.90 Å². The number of carbonyl (C=O) groups excluding carboxylic acids is 1. The topological polar surface area (TPSA) is 49.8 Å². The van der Waals surface area contributed by atoms with E-state index in [0.717, 1.165) is 13.0 Å². The molecule has 0 rings (SSSR count). The average molecular weight is 231 g/mol. The summed E-state index contributed by atoms with van der Waals surface area (Å²) in [5.41, 5.74) is -0.734. The van der Waals surface area contributed by atoms with Crippen LogP contribution in [-0.4, -0.2) is 47.8 Å². The highest BCUT2D eigenvalue weighted by Crippen LogP contribution is 2.11. The standard InChI is InChI=1S/C12H25NO3/c1-5-8-13(9-11(14)16-7-3)10-12(4,15)6-2/h15H,5-10H2,1-4H3. The van der Waals surface area contributed by atoms with Gasteiger partial charge in [0.15, 0.2) is 0 Å². The first kappa shape index (κ1) is 15.4. The van der Waals surface area contributed by atoms with Crippen LogP contribution in [0.25, 0.3) is 0 Å². The molecule has 1 atom stereocenters. The van der Waals surface area contributed by atoms with Gasteiger partial charge in [-0.3, -0.25) is 9.69 Å². The smallest absolute Gasteiger partial charge is 0.320 e. The van der Waals surface area contributed by atoms with Gasteiger partial charge in [-0.25, -0.2) is 0 Å². The van der Waals surface area contributed by atoms with Gasteiger partial charge in [-0.05, 0) is 33.2 Å². The van der Waals surface area contributed by atoms with Crippen molar-refractivity contribution in [3.05, 3.63) is 0 Å². The summed E-state index contributed by atoms with van der Waals surface area (Å²) in [4.78, 5) is 13.3. The van der Waals surface area contributed by atoms with Gasteiger partial charge in [-0.2, -0.15) is 0 Å². The van der Waals surface area contributed by atoms with Crippen LogP contribution in [0.5, 0.6) is 0 Å². The molecule has 0 fully saturated rings. The van der Waals surface area contributed by atoms with E-state index < -0.39 is 5.60 Å². The number of carbonyl (C=O) groups is 1. The lowest BCUT2D eigenvalue weighted by Crippen LogP contribution is -2.43. The van der Waals surface area contributed by atoms with Crippen LogP contribution < -0.4 is 0 Å². The Kier molecular flexibility index (Phi) is 7.34. The zero-order chi connectivity index (χ0) is 12.6. The van der Waals surface area contributed by atoms with Crippen LogP contribution in [0.4, 0.5) is 0 Å². The molecular weight excluding hydrogens is 206 g/mol. The van der Waals surface area contributed by atoms with Crippen molar-refractivity contribution in [1.29, 1.82) is 0 Å². The first-order valence-electron chi connectivity index (χ1n) is 6.05.